The van der Waals surface area contributed by atoms with Gasteiger partial charge in [-0.05, 0) is 36.8 Å². The highest BCUT2D eigenvalue weighted by molar-refractivity contribution is 6.04. The Morgan fingerprint density at radius 1 is 1.04 bits per heavy atom. The first-order valence-corrected chi connectivity index (χ1v) is 10.6. The quantitative estimate of drug-likeness (QED) is 0.581. The van der Waals surface area contributed by atoms with Crippen LogP contribution in [0, 0.1) is 0 Å². The zero-order chi connectivity index (χ0) is 19.5. The van der Waals surface area contributed by atoms with Gasteiger partial charge in [0.05, 0.1) is 0 Å². The number of urea groups is 1. The molecule has 0 unspecified atom stereocenters. The summed E-state index contributed by atoms with van der Waals surface area (Å²) in [6.07, 6.45) is 8.17. The summed E-state index contributed by atoms with van der Waals surface area (Å²) in [5.41, 5.74) is 2.30. The molecule has 0 bridgehead atoms. The minimum Gasteiger partial charge on any atom is -0.353 e. The first-order chi connectivity index (χ1) is 13.6. The first kappa shape index (κ1) is 19.0. The highest BCUT2D eigenvalue weighted by Crippen LogP contribution is 2.30. The van der Waals surface area contributed by atoms with E-state index in [0.717, 1.165) is 37.7 Å². The molecule has 6 heteroatoms. The number of benzene rings is 1. The molecule has 1 saturated heterocycles. The summed E-state index contributed by atoms with van der Waals surface area (Å²) in [5, 5.41) is 3.10. The van der Waals surface area contributed by atoms with Crippen LogP contribution in [0.1, 0.15) is 62.5 Å². The fourth-order valence-corrected chi connectivity index (χ4v) is 4.68. The van der Waals surface area contributed by atoms with E-state index in [-0.39, 0.29) is 23.9 Å². The van der Waals surface area contributed by atoms with E-state index in [2.05, 4.69) is 5.32 Å². The molecule has 2 fully saturated rings. The smallest absolute Gasteiger partial charge is 0.327 e. The van der Waals surface area contributed by atoms with Gasteiger partial charge in [-0.25, -0.2) is 4.79 Å². The van der Waals surface area contributed by atoms with Gasteiger partial charge in [-0.1, -0.05) is 43.5 Å². The van der Waals surface area contributed by atoms with E-state index in [1.165, 1.54) is 23.3 Å². The second-order valence-corrected chi connectivity index (χ2v) is 8.25. The second kappa shape index (κ2) is 8.33. The lowest BCUT2D eigenvalue weighted by molar-refractivity contribution is -0.128. The summed E-state index contributed by atoms with van der Waals surface area (Å²) in [6, 6.07) is 7.89. The maximum atomic E-state index is 12.7. The number of carbonyl (C=O) groups excluding carboxylic acids is 3. The molecule has 1 saturated carbocycles. The molecule has 28 heavy (non-hydrogen) atoms. The van der Waals surface area contributed by atoms with Gasteiger partial charge < -0.3 is 10.2 Å². The monoisotopic (exact) mass is 383 g/mol. The molecular formula is C22H29N3O3. The largest absolute Gasteiger partial charge is 0.353 e. The minimum atomic E-state index is -0.348. The fourth-order valence-electron chi connectivity index (χ4n) is 4.68. The van der Waals surface area contributed by atoms with E-state index in [4.69, 9.17) is 0 Å². The third-order valence-electron chi connectivity index (χ3n) is 6.28. The Balaban J connectivity index is 1.21. The van der Waals surface area contributed by atoms with Crippen LogP contribution in [-0.4, -0.2) is 46.3 Å². The molecule has 6 nitrogen and oxygen atoms in total. The standard InChI is InChI=1S/C22H29N3O3/c26-20(23-18-10-5-6-11-18)12-2-1-7-13-24-21(27)19-14-16-8-3-4-9-17(16)15-25(19)22(24)28/h3-4,8-9,18-19H,1-2,5-7,10-15H2,(H,23,26)/t19-/m0/s1. The highest BCUT2D eigenvalue weighted by Gasteiger charge is 2.46. The lowest BCUT2D eigenvalue weighted by atomic mass is 9.95. The summed E-state index contributed by atoms with van der Waals surface area (Å²) in [5.74, 6) is 0.0635. The van der Waals surface area contributed by atoms with E-state index in [9.17, 15) is 14.4 Å². The number of nitrogens with one attached hydrogen (secondary N) is 1. The summed E-state index contributed by atoms with van der Waals surface area (Å²) < 4.78 is 0. The van der Waals surface area contributed by atoms with Crippen molar-refractivity contribution in [3.8, 4) is 0 Å². The van der Waals surface area contributed by atoms with Crippen LogP contribution in [0.2, 0.25) is 0 Å². The van der Waals surface area contributed by atoms with Gasteiger partial charge in [0.2, 0.25) is 5.91 Å². The SMILES string of the molecule is O=C(CCCCCN1C(=O)[C@@H]2Cc3ccccc3CN2C1=O)NC1CCCC1. The molecule has 4 rings (SSSR count). The lowest BCUT2D eigenvalue weighted by Gasteiger charge is -2.28. The average molecular weight is 383 g/mol. The third kappa shape index (κ3) is 3.91. The maximum Gasteiger partial charge on any atom is 0.327 e. The summed E-state index contributed by atoms with van der Waals surface area (Å²) in [4.78, 5) is 40.5. The molecule has 1 N–H and O–H groups in total. The van der Waals surface area contributed by atoms with Crippen molar-refractivity contribution in [3.63, 3.8) is 0 Å². The van der Waals surface area contributed by atoms with Crippen LogP contribution >= 0.6 is 0 Å². The number of hydrogen-bond acceptors (Lipinski definition) is 3. The molecule has 3 aliphatic rings. The topological polar surface area (TPSA) is 69.7 Å². The number of imide groups is 1. The van der Waals surface area contributed by atoms with Gasteiger partial charge in [-0.15, -0.1) is 0 Å². The number of unbranched alkanes of at least 4 members (excludes halogenated alkanes) is 2. The Hall–Kier alpha value is -2.37. The van der Waals surface area contributed by atoms with Crippen LogP contribution < -0.4 is 5.32 Å². The molecule has 4 amide bonds. The van der Waals surface area contributed by atoms with E-state index >= 15 is 0 Å². The number of nitrogens with zero attached hydrogens (tertiary/aromatic N) is 2. The van der Waals surface area contributed by atoms with E-state index in [0.29, 0.717) is 32.0 Å². The molecule has 0 radical (unpaired) electrons. The normalized spacial score (nSPS) is 21.8. The van der Waals surface area contributed by atoms with Gasteiger partial charge in [0, 0.05) is 32.0 Å². The number of carbonyl (C=O) groups is 3. The highest BCUT2D eigenvalue weighted by atomic mass is 16.2. The number of amides is 4. The van der Waals surface area contributed by atoms with Crippen molar-refractivity contribution in [1.82, 2.24) is 15.1 Å². The Morgan fingerprint density at radius 3 is 2.57 bits per heavy atom. The number of fused-ring (bicyclic) bond motifs is 2. The molecule has 1 aromatic carbocycles. The van der Waals surface area contributed by atoms with Crippen LogP contribution in [0.4, 0.5) is 4.79 Å². The van der Waals surface area contributed by atoms with E-state index < -0.39 is 0 Å². The first-order valence-electron chi connectivity index (χ1n) is 10.6. The molecule has 0 aromatic heterocycles. The predicted molar refractivity (Wildman–Crippen MR) is 105 cm³/mol. The van der Waals surface area contributed by atoms with Crippen LogP contribution in [0.5, 0.6) is 0 Å². The van der Waals surface area contributed by atoms with Crippen LogP contribution in [0.3, 0.4) is 0 Å². The number of hydrogen-bond donors (Lipinski definition) is 1. The van der Waals surface area contributed by atoms with Crippen molar-refractivity contribution >= 4 is 17.8 Å². The van der Waals surface area contributed by atoms with Gasteiger partial charge >= 0.3 is 6.03 Å². The molecule has 1 aliphatic carbocycles. The molecule has 150 valence electrons. The molecule has 2 aliphatic heterocycles. The number of rotatable bonds is 7. The van der Waals surface area contributed by atoms with Crippen LogP contribution in [0.15, 0.2) is 24.3 Å². The summed E-state index contributed by atoms with van der Waals surface area (Å²) in [7, 11) is 0. The fraction of sp³-hybridized carbons (Fsp3) is 0.591. The van der Waals surface area contributed by atoms with Crippen molar-refractivity contribution in [2.45, 2.75) is 76.4 Å². The zero-order valence-corrected chi connectivity index (χ0v) is 16.4. The molecule has 1 aromatic rings. The molecule has 0 spiro atoms. The van der Waals surface area contributed by atoms with Crippen LogP contribution in [-0.2, 0) is 22.6 Å². The van der Waals surface area contributed by atoms with E-state index in [1.807, 2.05) is 24.3 Å². The average Bonchev–Trinajstić information content (AvgIpc) is 3.28. The molecule has 1 atom stereocenters. The van der Waals surface area contributed by atoms with Gasteiger partial charge in [-0.2, -0.15) is 0 Å². The van der Waals surface area contributed by atoms with Crippen molar-refractivity contribution in [1.29, 1.82) is 0 Å². The van der Waals surface area contributed by atoms with Crippen LogP contribution in [0.25, 0.3) is 0 Å². The lowest BCUT2D eigenvalue weighted by Crippen LogP contribution is -2.39. The van der Waals surface area contributed by atoms with Gasteiger partial charge in [-0.3, -0.25) is 14.5 Å². The Kier molecular flexibility index (Phi) is 5.64. The summed E-state index contributed by atoms with van der Waals surface area (Å²) in [6.45, 7) is 0.967. The Bertz CT molecular complexity index is 714. The van der Waals surface area contributed by atoms with Gasteiger partial charge in [0.25, 0.3) is 5.91 Å². The maximum absolute atomic E-state index is 12.7. The van der Waals surface area contributed by atoms with Crippen molar-refractivity contribution in [2.75, 3.05) is 6.54 Å². The predicted octanol–water partition coefficient (Wildman–Crippen LogP) is 2.99. The van der Waals surface area contributed by atoms with Gasteiger partial charge in [0.1, 0.15) is 6.04 Å². The molecular weight excluding hydrogens is 354 g/mol. The van der Waals surface area contributed by atoms with Crippen molar-refractivity contribution in [2.24, 2.45) is 0 Å². The Morgan fingerprint density at radius 2 is 1.79 bits per heavy atom. The zero-order valence-electron chi connectivity index (χ0n) is 16.4. The van der Waals surface area contributed by atoms with Crippen molar-refractivity contribution in [3.05, 3.63) is 35.4 Å². The minimum absolute atomic E-state index is 0.0709. The summed E-state index contributed by atoms with van der Waals surface area (Å²) >= 11 is 0. The second-order valence-electron chi connectivity index (χ2n) is 8.25. The van der Waals surface area contributed by atoms with E-state index in [1.54, 1.807) is 4.90 Å². The Labute approximate surface area is 166 Å². The third-order valence-corrected chi connectivity index (χ3v) is 6.28. The molecule has 2 heterocycles. The van der Waals surface area contributed by atoms with Gasteiger partial charge in [0.15, 0.2) is 0 Å². The van der Waals surface area contributed by atoms with Crippen molar-refractivity contribution < 1.29 is 14.4 Å².